The Kier molecular flexibility index (Phi) is 6.27. The highest BCUT2D eigenvalue weighted by molar-refractivity contribution is 5.89. The summed E-state index contributed by atoms with van der Waals surface area (Å²) in [6, 6.07) is 15.7. The molecule has 0 saturated carbocycles. The van der Waals surface area contributed by atoms with E-state index in [1.54, 1.807) is 0 Å². The largest absolute Gasteiger partial charge is 0.494 e. The van der Waals surface area contributed by atoms with Crippen molar-refractivity contribution in [2.24, 2.45) is 0 Å². The van der Waals surface area contributed by atoms with Crippen molar-refractivity contribution < 1.29 is 14.1 Å². The molecule has 0 unspecified atom stereocenters. The van der Waals surface area contributed by atoms with E-state index >= 15 is 0 Å². The van der Waals surface area contributed by atoms with E-state index < -0.39 is 5.91 Å². The smallest absolute Gasteiger partial charge is 0.316 e. The zero-order chi connectivity index (χ0) is 20.8. The number of amides is 1. The molecule has 0 atom stereocenters. The maximum absolute atomic E-state index is 12.4. The lowest BCUT2D eigenvalue weighted by Gasteiger charge is -2.28. The third-order valence-electron chi connectivity index (χ3n) is 5.18. The molecule has 1 aliphatic rings. The summed E-state index contributed by atoms with van der Waals surface area (Å²) in [5, 5.41) is 6.78. The van der Waals surface area contributed by atoms with Crippen molar-refractivity contribution >= 4 is 11.6 Å². The SMILES string of the molecule is CCOc1ccccc1CNC(=O)c1nc(-c2ccc(N3CCCCC3)cc2)no1. The lowest BCUT2D eigenvalue weighted by molar-refractivity contribution is 0.0906. The highest BCUT2D eigenvalue weighted by Gasteiger charge is 2.17. The highest BCUT2D eigenvalue weighted by Crippen LogP contribution is 2.24. The molecule has 1 N–H and O–H groups in total. The Morgan fingerprint density at radius 2 is 1.87 bits per heavy atom. The van der Waals surface area contributed by atoms with Gasteiger partial charge in [-0.05, 0) is 56.5 Å². The number of aromatic nitrogens is 2. The van der Waals surface area contributed by atoms with E-state index in [2.05, 4.69) is 32.5 Å². The summed E-state index contributed by atoms with van der Waals surface area (Å²) >= 11 is 0. The zero-order valence-electron chi connectivity index (χ0n) is 17.1. The molecule has 30 heavy (non-hydrogen) atoms. The van der Waals surface area contributed by atoms with Crippen molar-refractivity contribution in [1.29, 1.82) is 0 Å². The normalized spacial score (nSPS) is 13.8. The minimum Gasteiger partial charge on any atom is -0.494 e. The van der Waals surface area contributed by atoms with Crippen molar-refractivity contribution in [2.75, 3.05) is 24.6 Å². The van der Waals surface area contributed by atoms with Gasteiger partial charge in [0.2, 0.25) is 5.82 Å². The molecule has 0 bridgehead atoms. The summed E-state index contributed by atoms with van der Waals surface area (Å²) in [6.45, 7) is 5.00. The molecule has 1 aliphatic heterocycles. The third-order valence-corrected chi connectivity index (χ3v) is 5.18. The highest BCUT2D eigenvalue weighted by atomic mass is 16.5. The number of nitrogens with zero attached hydrogens (tertiary/aromatic N) is 3. The number of anilines is 1. The standard InChI is InChI=1S/C23H26N4O3/c1-2-29-20-9-5-4-8-18(20)16-24-22(28)23-25-21(26-30-23)17-10-12-19(13-11-17)27-14-6-3-7-15-27/h4-5,8-13H,2-3,6-7,14-16H2,1H3,(H,24,28). The van der Waals surface area contributed by atoms with Crippen LogP contribution in [0.3, 0.4) is 0 Å². The molecule has 7 nitrogen and oxygen atoms in total. The molecule has 2 heterocycles. The Hall–Kier alpha value is -3.35. The predicted molar refractivity (Wildman–Crippen MR) is 115 cm³/mol. The Labute approximate surface area is 176 Å². The van der Waals surface area contributed by atoms with E-state index in [1.165, 1.54) is 24.9 Å². The van der Waals surface area contributed by atoms with Gasteiger partial charge in [-0.1, -0.05) is 23.4 Å². The first kappa shape index (κ1) is 19.9. The second-order valence-electron chi connectivity index (χ2n) is 7.24. The van der Waals surface area contributed by atoms with Crippen molar-refractivity contribution in [1.82, 2.24) is 15.5 Å². The maximum atomic E-state index is 12.4. The Bertz CT molecular complexity index is 978. The summed E-state index contributed by atoms with van der Waals surface area (Å²) in [7, 11) is 0. The van der Waals surface area contributed by atoms with Crippen LogP contribution in [0.4, 0.5) is 5.69 Å². The number of rotatable bonds is 7. The summed E-state index contributed by atoms with van der Waals surface area (Å²) in [5.74, 6) is 0.685. The molecule has 1 saturated heterocycles. The fraction of sp³-hybridized carbons (Fsp3) is 0.348. The third kappa shape index (κ3) is 4.62. The molecule has 0 aliphatic carbocycles. The van der Waals surface area contributed by atoms with E-state index in [-0.39, 0.29) is 5.89 Å². The Balaban J connectivity index is 1.39. The first-order valence-electron chi connectivity index (χ1n) is 10.4. The van der Waals surface area contributed by atoms with Crippen LogP contribution in [0.1, 0.15) is 42.4 Å². The Morgan fingerprint density at radius 1 is 1.10 bits per heavy atom. The molecule has 0 radical (unpaired) electrons. The molecule has 0 spiro atoms. The van der Waals surface area contributed by atoms with E-state index in [0.717, 1.165) is 30.0 Å². The van der Waals surface area contributed by atoms with E-state index in [4.69, 9.17) is 9.26 Å². The number of piperidine rings is 1. The summed E-state index contributed by atoms with van der Waals surface area (Å²) in [4.78, 5) is 19.1. The van der Waals surface area contributed by atoms with E-state index in [9.17, 15) is 4.79 Å². The van der Waals surface area contributed by atoms with Gasteiger partial charge >= 0.3 is 11.8 Å². The quantitative estimate of drug-likeness (QED) is 0.637. The van der Waals surface area contributed by atoms with Gasteiger partial charge in [-0.15, -0.1) is 0 Å². The van der Waals surface area contributed by atoms with Crippen molar-refractivity contribution in [2.45, 2.75) is 32.7 Å². The van der Waals surface area contributed by atoms with Crippen LogP contribution in [0.5, 0.6) is 5.75 Å². The number of hydrogen-bond acceptors (Lipinski definition) is 6. The molecule has 1 aromatic heterocycles. The monoisotopic (exact) mass is 406 g/mol. The van der Waals surface area contributed by atoms with Gasteiger partial charge < -0.3 is 19.5 Å². The second kappa shape index (κ2) is 9.43. The van der Waals surface area contributed by atoms with Crippen LogP contribution >= 0.6 is 0 Å². The van der Waals surface area contributed by atoms with Crippen LogP contribution in [0.15, 0.2) is 53.1 Å². The van der Waals surface area contributed by atoms with Crippen molar-refractivity contribution in [3.05, 3.63) is 60.0 Å². The van der Waals surface area contributed by atoms with Gasteiger partial charge in [0.15, 0.2) is 0 Å². The van der Waals surface area contributed by atoms with Crippen LogP contribution in [-0.4, -0.2) is 35.7 Å². The van der Waals surface area contributed by atoms with Gasteiger partial charge in [-0.3, -0.25) is 4.79 Å². The molecule has 3 aromatic rings. The topological polar surface area (TPSA) is 80.5 Å². The number of carbonyl (C=O) groups is 1. The first-order chi connectivity index (χ1) is 14.7. The van der Waals surface area contributed by atoms with Gasteiger partial charge in [-0.25, -0.2) is 0 Å². The predicted octanol–water partition coefficient (Wildman–Crippen LogP) is 4.06. The molecule has 2 aromatic carbocycles. The maximum Gasteiger partial charge on any atom is 0.316 e. The van der Waals surface area contributed by atoms with Crippen molar-refractivity contribution in [3.8, 4) is 17.1 Å². The molecular formula is C23H26N4O3. The molecule has 1 fully saturated rings. The number of hydrogen-bond donors (Lipinski definition) is 1. The summed E-state index contributed by atoms with van der Waals surface area (Å²) < 4.78 is 10.8. The van der Waals surface area contributed by atoms with Gasteiger partial charge in [-0.2, -0.15) is 4.98 Å². The molecule has 156 valence electrons. The minimum absolute atomic E-state index is 0.0565. The van der Waals surface area contributed by atoms with E-state index in [1.807, 2.05) is 43.3 Å². The first-order valence-corrected chi connectivity index (χ1v) is 10.4. The molecule has 7 heteroatoms. The van der Waals surface area contributed by atoms with Crippen LogP contribution in [0, 0.1) is 0 Å². The lowest BCUT2D eigenvalue weighted by atomic mass is 10.1. The lowest BCUT2D eigenvalue weighted by Crippen LogP contribution is -2.29. The number of benzene rings is 2. The summed E-state index contributed by atoms with van der Waals surface area (Å²) in [5.41, 5.74) is 2.91. The second-order valence-corrected chi connectivity index (χ2v) is 7.24. The van der Waals surface area contributed by atoms with E-state index in [0.29, 0.717) is 19.0 Å². The van der Waals surface area contributed by atoms with Crippen LogP contribution in [0.25, 0.3) is 11.4 Å². The van der Waals surface area contributed by atoms with Gasteiger partial charge in [0.25, 0.3) is 0 Å². The van der Waals surface area contributed by atoms with Crippen LogP contribution < -0.4 is 15.0 Å². The number of nitrogens with one attached hydrogen (secondary N) is 1. The molecule has 4 rings (SSSR count). The molecule has 1 amide bonds. The van der Waals surface area contributed by atoms with Gasteiger partial charge in [0, 0.05) is 36.4 Å². The fourth-order valence-electron chi connectivity index (χ4n) is 3.60. The van der Waals surface area contributed by atoms with Crippen LogP contribution in [-0.2, 0) is 6.54 Å². The number of ether oxygens (including phenoxy) is 1. The fourth-order valence-corrected chi connectivity index (χ4v) is 3.60. The average molecular weight is 406 g/mol. The zero-order valence-corrected chi connectivity index (χ0v) is 17.1. The number of carbonyl (C=O) groups excluding carboxylic acids is 1. The van der Waals surface area contributed by atoms with Crippen molar-refractivity contribution in [3.63, 3.8) is 0 Å². The van der Waals surface area contributed by atoms with Gasteiger partial charge in [0.1, 0.15) is 5.75 Å². The van der Waals surface area contributed by atoms with Gasteiger partial charge in [0.05, 0.1) is 6.61 Å². The Morgan fingerprint density at radius 3 is 2.63 bits per heavy atom. The van der Waals surface area contributed by atoms with Crippen LogP contribution in [0.2, 0.25) is 0 Å². The number of para-hydroxylation sites is 1. The average Bonchev–Trinajstić information content (AvgIpc) is 3.30. The minimum atomic E-state index is -0.412. The summed E-state index contributed by atoms with van der Waals surface area (Å²) in [6.07, 6.45) is 3.78. The molecular weight excluding hydrogens is 380 g/mol.